The number of halogens is 1. The maximum absolute atomic E-state index is 11.8. The summed E-state index contributed by atoms with van der Waals surface area (Å²) in [6, 6.07) is 7.59. The molecule has 1 atom stereocenters. The third kappa shape index (κ3) is 7.37. The van der Waals surface area contributed by atoms with E-state index in [2.05, 4.69) is 15.6 Å². The molecule has 0 heterocycles. The Labute approximate surface area is 143 Å². The van der Waals surface area contributed by atoms with E-state index in [-0.39, 0.29) is 18.6 Å². The van der Waals surface area contributed by atoms with Crippen LogP contribution in [0.4, 0.5) is 0 Å². The summed E-state index contributed by atoms with van der Waals surface area (Å²) in [6.45, 7) is 10.1. The number of nitrogens with one attached hydrogen (secondary N) is 2. The molecule has 0 fully saturated rings. The second-order valence-corrected chi connectivity index (χ2v) is 6.58. The van der Waals surface area contributed by atoms with Crippen LogP contribution >= 0.6 is 11.6 Å². The molecule has 0 saturated heterocycles. The van der Waals surface area contributed by atoms with E-state index in [4.69, 9.17) is 16.3 Å². The SMILES string of the molecule is CCNC(=NCC(=O)OC(C)(C)C)NC(C)c1ccccc1Cl. The number of nitrogens with zero attached hydrogens (tertiary/aromatic N) is 1. The molecule has 0 bridgehead atoms. The van der Waals surface area contributed by atoms with Gasteiger partial charge in [-0.15, -0.1) is 0 Å². The van der Waals surface area contributed by atoms with Crippen molar-refractivity contribution in [3.63, 3.8) is 0 Å². The third-order valence-electron chi connectivity index (χ3n) is 2.86. The molecule has 128 valence electrons. The van der Waals surface area contributed by atoms with Crippen LogP contribution in [0.25, 0.3) is 0 Å². The predicted octanol–water partition coefficient (Wildman–Crippen LogP) is 3.30. The molecule has 1 aromatic carbocycles. The summed E-state index contributed by atoms with van der Waals surface area (Å²) in [4.78, 5) is 16.0. The van der Waals surface area contributed by atoms with Crippen molar-refractivity contribution >= 4 is 23.5 Å². The first kappa shape index (κ1) is 19.3. The van der Waals surface area contributed by atoms with E-state index < -0.39 is 5.60 Å². The number of carbonyl (C=O) groups is 1. The van der Waals surface area contributed by atoms with Gasteiger partial charge < -0.3 is 15.4 Å². The van der Waals surface area contributed by atoms with Crippen molar-refractivity contribution in [2.45, 2.75) is 46.3 Å². The molecule has 1 aromatic rings. The highest BCUT2D eigenvalue weighted by Crippen LogP contribution is 2.21. The fourth-order valence-electron chi connectivity index (χ4n) is 1.95. The second-order valence-electron chi connectivity index (χ2n) is 6.17. The smallest absolute Gasteiger partial charge is 0.328 e. The van der Waals surface area contributed by atoms with Crippen molar-refractivity contribution in [1.82, 2.24) is 10.6 Å². The van der Waals surface area contributed by atoms with Gasteiger partial charge in [-0.3, -0.25) is 4.79 Å². The molecule has 0 radical (unpaired) electrons. The monoisotopic (exact) mass is 339 g/mol. The molecule has 2 N–H and O–H groups in total. The maximum atomic E-state index is 11.8. The van der Waals surface area contributed by atoms with Crippen LogP contribution in [0.2, 0.25) is 5.02 Å². The number of rotatable bonds is 5. The van der Waals surface area contributed by atoms with Crippen molar-refractivity contribution in [2.24, 2.45) is 4.99 Å². The van der Waals surface area contributed by atoms with Crippen LogP contribution in [0.5, 0.6) is 0 Å². The van der Waals surface area contributed by atoms with Gasteiger partial charge in [0.25, 0.3) is 0 Å². The highest BCUT2D eigenvalue weighted by Gasteiger charge is 2.16. The van der Waals surface area contributed by atoms with Gasteiger partial charge in [-0.05, 0) is 46.2 Å². The highest BCUT2D eigenvalue weighted by atomic mass is 35.5. The van der Waals surface area contributed by atoms with Gasteiger partial charge in [0.2, 0.25) is 0 Å². The van der Waals surface area contributed by atoms with Crippen LogP contribution in [0.3, 0.4) is 0 Å². The number of ether oxygens (including phenoxy) is 1. The highest BCUT2D eigenvalue weighted by molar-refractivity contribution is 6.31. The first-order valence-corrected chi connectivity index (χ1v) is 8.12. The topological polar surface area (TPSA) is 62.7 Å². The van der Waals surface area contributed by atoms with Crippen LogP contribution < -0.4 is 10.6 Å². The summed E-state index contributed by atoms with van der Waals surface area (Å²) in [5.74, 6) is 0.186. The fraction of sp³-hybridized carbons (Fsp3) is 0.529. The Hall–Kier alpha value is -1.75. The Balaban J connectivity index is 2.72. The molecule has 1 unspecified atom stereocenters. The second kappa shape index (κ2) is 8.77. The zero-order valence-corrected chi connectivity index (χ0v) is 15.2. The van der Waals surface area contributed by atoms with Gasteiger partial charge in [0.15, 0.2) is 5.96 Å². The van der Waals surface area contributed by atoms with E-state index in [1.165, 1.54) is 0 Å². The first-order chi connectivity index (χ1) is 10.7. The number of esters is 1. The Morgan fingerprint density at radius 1 is 1.35 bits per heavy atom. The van der Waals surface area contributed by atoms with Crippen molar-refractivity contribution in [1.29, 1.82) is 0 Å². The largest absolute Gasteiger partial charge is 0.459 e. The molecule has 5 nitrogen and oxygen atoms in total. The molecule has 0 aliphatic rings. The Kier molecular flexibility index (Phi) is 7.36. The van der Waals surface area contributed by atoms with Crippen molar-refractivity contribution < 1.29 is 9.53 Å². The van der Waals surface area contributed by atoms with Crippen LogP contribution in [-0.2, 0) is 9.53 Å². The number of hydrogen-bond donors (Lipinski definition) is 2. The molecule has 6 heteroatoms. The summed E-state index contributed by atoms with van der Waals surface area (Å²) < 4.78 is 5.25. The summed E-state index contributed by atoms with van der Waals surface area (Å²) in [7, 11) is 0. The molecule has 0 spiro atoms. The molecule has 1 rings (SSSR count). The Bertz CT molecular complexity index is 553. The van der Waals surface area contributed by atoms with Crippen molar-refractivity contribution in [3.05, 3.63) is 34.9 Å². The summed E-state index contributed by atoms with van der Waals surface area (Å²) in [6.07, 6.45) is 0. The molecular formula is C17H26ClN3O2. The van der Waals surface area contributed by atoms with Crippen LogP contribution in [0.15, 0.2) is 29.3 Å². The van der Waals surface area contributed by atoms with Gasteiger partial charge in [0.1, 0.15) is 12.1 Å². The zero-order chi connectivity index (χ0) is 17.5. The van der Waals surface area contributed by atoms with E-state index in [0.717, 1.165) is 5.56 Å². The summed E-state index contributed by atoms with van der Waals surface area (Å²) in [5.41, 5.74) is 0.459. The number of guanidine groups is 1. The standard InChI is InChI=1S/C17H26ClN3O2/c1-6-19-16(20-11-15(22)23-17(3,4)5)21-12(2)13-9-7-8-10-14(13)18/h7-10,12H,6,11H2,1-5H3,(H2,19,20,21). The lowest BCUT2D eigenvalue weighted by Crippen LogP contribution is -2.39. The van der Waals surface area contributed by atoms with E-state index in [9.17, 15) is 4.79 Å². The maximum Gasteiger partial charge on any atom is 0.328 e. The normalized spacial score (nSPS) is 13.4. The molecule has 23 heavy (non-hydrogen) atoms. The quantitative estimate of drug-likeness (QED) is 0.491. The number of carbonyl (C=O) groups excluding carboxylic acids is 1. The zero-order valence-electron chi connectivity index (χ0n) is 14.4. The minimum Gasteiger partial charge on any atom is -0.459 e. The average Bonchev–Trinajstić information content (AvgIpc) is 2.43. The van der Waals surface area contributed by atoms with Crippen molar-refractivity contribution in [3.8, 4) is 0 Å². The Morgan fingerprint density at radius 2 is 2.00 bits per heavy atom. The third-order valence-corrected chi connectivity index (χ3v) is 3.20. The van der Waals surface area contributed by atoms with Gasteiger partial charge in [-0.25, -0.2) is 4.99 Å². The van der Waals surface area contributed by atoms with Crippen LogP contribution in [0, 0.1) is 0 Å². The summed E-state index contributed by atoms with van der Waals surface area (Å²) >= 11 is 6.21. The number of aliphatic imine (C=N–C) groups is 1. The van der Waals surface area contributed by atoms with E-state index in [1.54, 1.807) is 0 Å². The molecule has 0 aromatic heterocycles. The fourth-order valence-corrected chi connectivity index (χ4v) is 2.25. The van der Waals surface area contributed by atoms with Gasteiger partial charge in [-0.2, -0.15) is 0 Å². The van der Waals surface area contributed by atoms with Crippen molar-refractivity contribution in [2.75, 3.05) is 13.1 Å². The lowest BCUT2D eigenvalue weighted by atomic mass is 10.1. The van der Waals surface area contributed by atoms with E-state index >= 15 is 0 Å². The van der Waals surface area contributed by atoms with Gasteiger partial charge in [0.05, 0.1) is 6.04 Å². The van der Waals surface area contributed by atoms with E-state index in [1.807, 2.05) is 58.9 Å². The van der Waals surface area contributed by atoms with Crippen LogP contribution in [0.1, 0.15) is 46.2 Å². The van der Waals surface area contributed by atoms with Gasteiger partial charge in [0, 0.05) is 11.6 Å². The molecule has 0 saturated carbocycles. The van der Waals surface area contributed by atoms with E-state index in [0.29, 0.717) is 17.5 Å². The predicted molar refractivity (Wildman–Crippen MR) is 94.8 cm³/mol. The van der Waals surface area contributed by atoms with Gasteiger partial charge >= 0.3 is 5.97 Å². The molecule has 0 aliphatic heterocycles. The van der Waals surface area contributed by atoms with Gasteiger partial charge in [-0.1, -0.05) is 29.8 Å². The average molecular weight is 340 g/mol. The summed E-state index contributed by atoms with van der Waals surface area (Å²) in [5, 5.41) is 7.04. The molecule has 0 amide bonds. The lowest BCUT2D eigenvalue weighted by molar-refractivity contribution is -0.152. The number of benzene rings is 1. The lowest BCUT2D eigenvalue weighted by Gasteiger charge is -2.20. The van der Waals surface area contributed by atoms with Crippen LogP contribution in [-0.4, -0.2) is 30.6 Å². The Morgan fingerprint density at radius 3 is 2.57 bits per heavy atom. The number of hydrogen-bond acceptors (Lipinski definition) is 3. The molecule has 0 aliphatic carbocycles. The minimum atomic E-state index is -0.511. The molecular weight excluding hydrogens is 314 g/mol. The first-order valence-electron chi connectivity index (χ1n) is 7.74. The minimum absolute atomic E-state index is 0.0398.